The first-order valence-corrected chi connectivity index (χ1v) is 12.5. The van der Waals surface area contributed by atoms with Crippen LogP contribution in [0.2, 0.25) is 0 Å². The second-order valence-corrected chi connectivity index (χ2v) is 9.08. The quantitative estimate of drug-likeness (QED) is 0.420. The lowest BCUT2D eigenvalue weighted by atomic mass is 10.2. The summed E-state index contributed by atoms with van der Waals surface area (Å²) in [5.74, 6) is 0.434. The van der Waals surface area contributed by atoms with Gasteiger partial charge in [-0.2, -0.15) is 0 Å². The van der Waals surface area contributed by atoms with Crippen LogP contribution >= 0.6 is 11.8 Å². The van der Waals surface area contributed by atoms with E-state index in [2.05, 4.69) is 0 Å². The number of ether oxygens (including phenoxy) is 3. The van der Waals surface area contributed by atoms with Gasteiger partial charge >= 0.3 is 12.1 Å². The topological polar surface area (TPSA) is 106 Å². The third-order valence-electron chi connectivity index (χ3n) is 5.54. The summed E-state index contributed by atoms with van der Waals surface area (Å²) in [7, 11) is 1.45. The lowest BCUT2D eigenvalue weighted by molar-refractivity contribution is -0.138. The number of nitrogens with zero attached hydrogens (tertiary/aromatic N) is 2. The van der Waals surface area contributed by atoms with Crippen molar-refractivity contribution in [3.63, 3.8) is 0 Å². The molecule has 0 atom stereocenters. The molecule has 0 radical (unpaired) electrons. The van der Waals surface area contributed by atoms with Crippen molar-refractivity contribution in [3.8, 4) is 17.2 Å². The molecule has 1 N–H and O–H groups in total. The van der Waals surface area contributed by atoms with E-state index in [0.717, 1.165) is 15.5 Å². The number of anilines is 1. The van der Waals surface area contributed by atoms with Crippen LogP contribution in [-0.4, -0.2) is 60.5 Å². The summed E-state index contributed by atoms with van der Waals surface area (Å²) >= 11 is 1.53. The number of methoxy groups -OCH3 is 1. The van der Waals surface area contributed by atoms with Gasteiger partial charge in [0.15, 0.2) is 11.5 Å². The van der Waals surface area contributed by atoms with E-state index in [-0.39, 0.29) is 18.2 Å². The van der Waals surface area contributed by atoms with Crippen molar-refractivity contribution in [1.29, 1.82) is 0 Å². The molecule has 0 saturated heterocycles. The van der Waals surface area contributed by atoms with Gasteiger partial charge in [-0.1, -0.05) is 36.4 Å². The molecule has 0 spiro atoms. The maximum absolute atomic E-state index is 12.7. The first-order valence-electron chi connectivity index (χ1n) is 11.5. The van der Waals surface area contributed by atoms with Crippen molar-refractivity contribution in [2.45, 2.75) is 11.4 Å². The van der Waals surface area contributed by atoms with Gasteiger partial charge in [0, 0.05) is 11.4 Å². The Kier molecular flexibility index (Phi) is 8.52. The zero-order valence-corrected chi connectivity index (χ0v) is 21.0. The van der Waals surface area contributed by atoms with Gasteiger partial charge in [0.05, 0.1) is 25.1 Å². The van der Waals surface area contributed by atoms with Gasteiger partial charge in [0.1, 0.15) is 18.9 Å². The molecule has 4 rings (SSSR count). The van der Waals surface area contributed by atoms with Crippen LogP contribution in [0.4, 0.5) is 10.5 Å². The van der Waals surface area contributed by atoms with Crippen LogP contribution in [0.3, 0.4) is 0 Å². The van der Waals surface area contributed by atoms with Gasteiger partial charge in [-0.25, -0.2) is 4.79 Å². The van der Waals surface area contributed by atoms with Gasteiger partial charge < -0.3 is 24.2 Å². The molecule has 37 heavy (non-hydrogen) atoms. The third kappa shape index (κ3) is 6.73. The fraction of sp³-hybridized carbons (Fsp3) is 0.222. The molecule has 0 saturated carbocycles. The van der Waals surface area contributed by atoms with E-state index in [4.69, 9.17) is 14.2 Å². The number of carbonyl (C=O) groups excluding carboxylic acids is 2. The Morgan fingerprint density at radius 3 is 2.43 bits per heavy atom. The second-order valence-electron chi connectivity index (χ2n) is 8.06. The van der Waals surface area contributed by atoms with Gasteiger partial charge in [0.2, 0.25) is 5.91 Å². The lowest BCUT2D eigenvalue weighted by Gasteiger charge is -2.28. The summed E-state index contributed by atoms with van der Waals surface area (Å²) in [4.78, 5) is 40.4. The average Bonchev–Trinajstić information content (AvgIpc) is 2.90. The highest BCUT2D eigenvalue weighted by atomic mass is 32.2. The second kappa shape index (κ2) is 12.2. The molecule has 9 nitrogen and oxygen atoms in total. The van der Waals surface area contributed by atoms with E-state index >= 15 is 0 Å². The number of hydrogen-bond donors (Lipinski definition) is 1. The minimum absolute atomic E-state index is 0.0251. The highest BCUT2D eigenvalue weighted by molar-refractivity contribution is 8.00. The van der Waals surface area contributed by atoms with Crippen molar-refractivity contribution < 1.29 is 33.7 Å². The maximum Gasteiger partial charge on any atom is 0.416 e. The van der Waals surface area contributed by atoms with E-state index < -0.39 is 18.6 Å². The fourth-order valence-electron chi connectivity index (χ4n) is 3.78. The largest absolute Gasteiger partial charge is 0.493 e. The van der Waals surface area contributed by atoms with Gasteiger partial charge in [-0.3, -0.25) is 14.5 Å². The Hall–Kier alpha value is -4.18. The Bertz CT molecular complexity index is 1270. The van der Waals surface area contributed by atoms with Crippen molar-refractivity contribution in [1.82, 2.24) is 4.90 Å². The molecule has 3 aromatic carbocycles. The number of carbonyl (C=O) groups is 3. The predicted molar refractivity (Wildman–Crippen MR) is 139 cm³/mol. The molecule has 2 amide bonds. The first kappa shape index (κ1) is 25.9. The smallest absolute Gasteiger partial charge is 0.416 e. The Labute approximate surface area is 218 Å². The summed E-state index contributed by atoms with van der Waals surface area (Å²) in [5, 5.41) is 9.28. The number of amides is 2. The SMILES string of the molecule is COc1ccccc1OC(=O)N(CC(=O)O)Cc1ccc(OCCN2C(=O)CSc3ccccc32)cc1. The number of hydrogen-bond acceptors (Lipinski definition) is 7. The number of fused-ring (bicyclic) bond motifs is 1. The standard InChI is InChI=1S/C27H26N2O7S/c1-34-22-7-3-4-8-23(22)36-27(33)28(17-26(31)32)16-19-10-12-20(13-11-19)35-15-14-29-21-6-2-5-9-24(21)37-18-25(29)30/h2-13H,14-18H2,1H3,(H,31,32). The van der Waals surface area contributed by atoms with Crippen LogP contribution in [0.1, 0.15) is 5.56 Å². The normalized spacial score (nSPS) is 12.5. The van der Waals surface area contributed by atoms with Gasteiger partial charge in [-0.05, 0) is 42.0 Å². The monoisotopic (exact) mass is 522 g/mol. The number of thioether (sulfide) groups is 1. The van der Waals surface area contributed by atoms with Crippen LogP contribution in [-0.2, 0) is 16.1 Å². The average molecular weight is 523 g/mol. The van der Waals surface area contributed by atoms with Crippen molar-refractivity contribution in [2.75, 3.05) is 37.5 Å². The van der Waals surface area contributed by atoms with Crippen LogP contribution in [0.25, 0.3) is 0 Å². The van der Waals surface area contributed by atoms with Crippen molar-refractivity contribution >= 4 is 35.4 Å². The molecule has 0 aliphatic carbocycles. The molecule has 1 heterocycles. The number of para-hydroxylation sites is 3. The molecule has 0 aromatic heterocycles. The molecule has 1 aliphatic rings. The van der Waals surface area contributed by atoms with E-state index in [9.17, 15) is 19.5 Å². The fourth-order valence-corrected chi connectivity index (χ4v) is 4.71. The summed E-state index contributed by atoms with van der Waals surface area (Å²) in [6.45, 7) is 0.215. The molecular weight excluding hydrogens is 496 g/mol. The van der Waals surface area contributed by atoms with Crippen LogP contribution < -0.4 is 19.1 Å². The molecule has 1 aliphatic heterocycles. The Balaban J connectivity index is 1.35. The summed E-state index contributed by atoms with van der Waals surface area (Å²) in [6, 6.07) is 21.4. The molecule has 3 aromatic rings. The summed E-state index contributed by atoms with van der Waals surface area (Å²) in [6.07, 6.45) is -0.808. The predicted octanol–water partition coefficient (Wildman–Crippen LogP) is 4.30. The zero-order chi connectivity index (χ0) is 26.2. The molecule has 0 bridgehead atoms. The van der Waals surface area contributed by atoms with Crippen molar-refractivity contribution in [2.24, 2.45) is 0 Å². The lowest BCUT2D eigenvalue weighted by Crippen LogP contribution is -2.38. The highest BCUT2D eigenvalue weighted by Gasteiger charge is 2.24. The molecule has 0 fully saturated rings. The molecule has 0 unspecified atom stereocenters. The van der Waals surface area contributed by atoms with E-state index in [1.54, 1.807) is 53.4 Å². The number of carboxylic acid groups (broad SMARTS) is 1. The van der Waals surface area contributed by atoms with Gasteiger partial charge in [-0.15, -0.1) is 11.8 Å². The summed E-state index contributed by atoms with van der Waals surface area (Å²) in [5.41, 5.74) is 1.59. The van der Waals surface area contributed by atoms with Crippen LogP contribution in [0.15, 0.2) is 77.7 Å². The number of aliphatic carboxylic acids is 1. The molecule has 192 valence electrons. The number of benzene rings is 3. The Morgan fingerprint density at radius 1 is 1.00 bits per heavy atom. The number of carboxylic acids is 1. The Morgan fingerprint density at radius 2 is 1.70 bits per heavy atom. The van der Waals surface area contributed by atoms with E-state index in [1.807, 2.05) is 24.3 Å². The maximum atomic E-state index is 12.7. The van der Waals surface area contributed by atoms with Gasteiger partial charge in [0.25, 0.3) is 0 Å². The first-order chi connectivity index (χ1) is 17.9. The molecule has 10 heteroatoms. The molecular formula is C27H26N2O7S. The minimum atomic E-state index is -1.16. The minimum Gasteiger partial charge on any atom is -0.493 e. The van der Waals surface area contributed by atoms with Crippen LogP contribution in [0, 0.1) is 0 Å². The van der Waals surface area contributed by atoms with Crippen LogP contribution in [0.5, 0.6) is 17.2 Å². The van der Waals surface area contributed by atoms with E-state index in [1.165, 1.54) is 18.9 Å². The number of rotatable bonds is 10. The third-order valence-corrected chi connectivity index (χ3v) is 6.59. The summed E-state index contributed by atoms with van der Waals surface area (Å²) < 4.78 is 16.4. The highest BCUT2D eigenvalue weighted by Crippen LogP contribution is 2.34. The zero-order valence-electron chi connectivity index (χ0n) is 20.2. The van der Waals surface area contributed by atoms with Crippen molar-refractivity contribution in [3.05, 3.63) is 78.4 Å². The van der Waals surface area contributed by atoms with E-state index in [0.29, 0.717) is 36.0 Å².